The van der Waals surface area contributed by atoms with E-state index in [2.05, 4.69) is 29.0 Å². The molecule has 0 spiro atoms. The lowest BCUT2D eigenvalue weighted by Crippen LogP contribution is -2.43. The van der Waals surface area contributed by atoms with Crippen LogP contribution in [0.25, 0.3) is 0 Å². The van der Waals surface area contributed by atoms with Gasteiger partial charge in [0.15, 0.2) is 17.6 Å². The standard InChI is InChI=1S/C25H34N4O3/c1-5-20(32-22-11-7-6-10-21(22)31-4)23(30)27-18-14-25(2,3)15-19-17(18)16-26-24(28-19)29-12-8-9-13-29/h6-7,10-11,16,18,20H,5,8-9,12-15H2,1-4H3,(H,27,30)/t18-,20-/m1/s1. The van der Waals surface area contributed by atoms with E-state index in [1.807, 2.05) is 37.4 Å². The minimum Gasteiger partial charge on any atom is -0.493 e. The summed E-state index contributed by atoms with van der Waals surface area (Å²) in [5, 5.41) is 3.23. The predicted molar refractivity (Wildman–Crippen MR) is 124 cm³/mol. The summed E-state index contributed by atoms with van der Waals surface area (Å²) in [4.78, 5) is 25.0. The number of ether oxygens (including phenoxy) is 2. The largest absolute Gasteiger partial charge is 0.493 e. The van der Waals surface area contributed by atoms with Gasteiger partial charge >= 0.3 is 0 Å². The molecule has 4 rings (SSSR count). The Morgan fingerprint density at radius 1 is 1.25 bits per heavy atom. The lowest BCUT2D eigenvalue weighted by molar-refractivity contribution is -0.129. The van der Waals surface area contributed by atoms with Crippen molar-refractivity contribution in [2.45, 2.75) is 65.0 Å². The Morgan fingerprint density at radius 2 is 1.97 bits per heavy atom. The normalized spacial score (nSPS) is 20.4. The number of carbonyl (C=O) groups excluding carboxylic acids is 1. The lowest BCUT2D eigenvalue weighted by Gasteiger charge is -2.37. The molecule has 2 aliphatic rings. The molecule has 1 fully saturated rings. The maximum Gasteiger partial charge on any atom is 0.261 e. The molecule has 2 aromatic rings. The highest BCUT2D eigenvalue weighted by Gasteiger charge is 2.36. The van der Waals surface area contributed by atoms with Crippen LogP contribution in [0.4, 0.5) is 5.95 Å². The van der Waals surface area contributed by atoms with Crippen molar-refractivity contribution in [3.63, 3.8) is 0 Å². The maximum atomic E-state index is 13.2. The molecule has 32 heavy (non-hydrogen) atoms. The minimum atomic E-state index is -0.607. The average molecular weight is 439 g/mol. The van der Waals surface area contributed by atoms with Gasteiger partial charge in [0.1, 0.15) is 0 Å². The predicted octanol–water partition coefficient (Wildman–Crippen LogP) is 4.07. The summed E-state index contributed by atoms with van der Waals surface area (Å²) in [6.45, 7) is 8.44. The smallest absolute Gasteiger partial charge is 0.261 e. The molecule has 1 N–H and O–H groups in total. The van der Waals surface area contributed by atoms with Gasteiger partial charge in [0.05, 0.1) is 18.8 Å². The molecule has 1 amide bonds. The number of aromatic nitrogens is 2. The number of hydrogen-bond donors (Lipinski definition) is 1. The summed E-state index contributed by atoms with van der Waals surface area (Å²) in [5.41, 5.74) is 2.10. The molecule has 0 saturated carbocycles. The van der Waals surface area contributed by atoms with E-state index in [0.717, 1.165) is 43.1 Å². The quantitative estimate of drug-likeness (QED) is 0.702. The van der Waals surface area contributed by atoms with Crippen molar-refractivity contribution in [3.05, 3.63) is 41.7 Å². The van der Waals surface area contributed by atoms with Crippen LogP contribution >= 0.6 is 0 Å². The first kappa shape index (κ1) is 22.4. The van der Waals surface area contributed by atoms with E-state index in [-0.39, 0.29) is 17.4 Å². The Hall–Kier alpha value is -2.83. The first-order valence-electron chi connectivity index (χ1n) is 11.6. The van der Waals surface area contributed by atoms with Gasteiger partial charge in [-0.25, -0.2) is 9.97 Å². The van der Waals surface area contributed by atoms with Crippen molar-refractivity contribution in [1.82, 2.24) is 15.3 Å². The number of carbonyl (C=O) groups is 1. The van der Waals surface area contributed by atoms with Crippen molar-refractivity contribution in [1.29, 1.82) is 0 Å². The summed E-state index contributed by atoms with van der Waals surface area (Å²) in [7, 11) is 1.60. The molecule has 1 saturated heterocycles. The van der Waals surface area contributed by atoms with E-state index in [1.165, 1.54) is 12.8 Å². The van der Waals surface area contributed by atoms with Crippen LogP contribution in [-0.2, 0) is 11.2 Å². The molecule has 7 nitrogen and oxygen atoms in total. The van der Waals surface area contributed by atoms with Crippen LogP contribution in [0.1, 0.15) is 63.8 Å². The third-order valence-electron chi connectivity index (χ3n) is 6.37. The van der Waals surface area contributed by atoms with Crippen LogP contribution in [0.3, 0.4) is 0 Å². The van der Waals surface area contributed by atoms with Crippen molar-refractivity contribution >= 4 is 11.9 Å². The first-order valence-corrected chi connectivity index (χ1v) is 11.6. The summed E-state index contributed by atoms with van der Waals surface area (Å²) in [5.74, 6) is 1.87. The zero-order valence-electron chi connectivity index (χ0n) is 19.6. The number of rotatable bonds is 7. The van der Waals surface area contributed by atoms with Crippen LogP contribution in [0.5, 0.6) is 11.5 Å². The van der Waals surface area contributed by atoms with Gasteiger partial charge in [-0.1, -0.05) is 32.9 Å². The van der Waals surface area contributed by atoms with Gasteiger partial charge in [0, 0.05) is 24.8 Å². The maximum absolute atomic E-state index is 13.2. The zero-order chi connectivity index (χ0) is 22.7. The van der Waals surface area contributed by atoms with Crippen LogP contribution in [-0.4, -0.2) is 42.2 Å². The summed E-state index contributed by atoms with van der Waals surface area (Å²) in [6, 6.07) is 7.27. The second kappa shape index (κ2) is 9.35. The molecule has 1 aromatic carbocycles. The van der Waals surface area contributed by atoms with Gasteiger partial charge in [-0.3, -0.25) is 4.79 Å². The van der Waals surface area contributed by atoms with Crippen molar-refractivity contribution < 1.29 is 14.3 Å². The second-order valence-corrected chi connectivity index (χ2v) is 9.54. The molecule has 172 valence electrons. The summed E-state index contributed by atoms with van der Waals surface area (Å²) >= 11 is 0. The highest BCUT2D eigenvalue weighted by atomic mass is 16.5. The number of anilines is 1. The number of nitrogens with zero attached hydrogens (tertiary/aromatic N) is 3. The van der Waals surface area contributed by atoms with Crippen LogP contribution in [0.15, 0.2) is 30.5 Å². The van der Waals surface area contributed by atoms with Gasteiger partial charge in [0.2, 0.25) is 5.95 Å². The van der Waals surface area contributed by atoms with Crippen LogP contribution in [0.2, 0.25) is 0 Å². The van der Waals surface area contributed by atoms with Crippen LogP contribution < -0.4 is 19.7 Å². The van der Waals surface area contributed by atoms with Gasteiger partial charge in [-0.2, -0.15) is 0 Å². The molecule has 2 heterocycles. The number of hydrogen-bond acceptors (Lipinski definition) is 6. The van der Waals surface area contributed by atoms with E-state index in [0.29, 0.717) is 17.9 Å². The molecule has 1 aliphatic carbocycles. The van der Waals surface area contributed by atoms with E-state index in [1.54, 1.807) is 7.11 Å². The third kappa shape index (κ3) is 4.81. The number of methoxy groups -OCH3 is 1. The second-order valence-electron chi connectivity index (χ2n) is 9.54. The van der Waals surface area contributed by atoms with Crippen LogP contribution in [0, 0.1) is 5.41 Å². The molecule has 2 atom stereocenters. The molecule has 7 heteroatoms. The highest BCUT2D eigenvalue weighted by molar-refractivity contribution is 5.81. The molecule has 1 aliphatic heterocycles. The van der Waals surface area contributed by atoms with E-state index in [9.17, 15) is 4.79 Å². The molecule has 1 aromatic heterocycles. The first-order chi connectivity index (χ1) is 15.4. The van der Waals surface area contributed by atoms with Gasteiger partial charge in [0.25, 0.3) is 5.91 Å². The van der Waals surface area contributed by atoms with E-state index < -0.39 is 6.10 Å². The lowest BCUT2D eigenvalue weighted by atomic mass is 9.74. The fourth-order valence-electron chi connectivity index (χ4n) is 4.69. The molecule has 0 unspecified atom stereocenters. The molecule has 0 radical (unpaired) electrons. The number of para-hydroxylation sites is 2. The van der Waals surface area contributed by atoms with Crippen molar-refractivity contribution in [2.75, 3.05) is 25.1 Å². The minimum absolute atomic E-state index is 0.0345. The molecule has 0 bridgehead atoms. The van der Waals surface area contributed by atoms with Crippen molar-refractivity contribution in [3.8, 4) is 11.5 Å². The fraction of sp³-hybridized carbons (Fsp3) is 0.560. The van der Waals surface area contributed by atoms with E-state index >= 15 is 0 Å². The van der Waals surface area contributed by atoms with Gasteiger partial charge < -0.3 is 19.7 Å². The van der Waals surface area contributed by atoms with Crippen molar-refractivity contribution in [2.24, 2.45) is 5.41 Å². The number of nitrogens with one attached hydrogen (secondary N) is 1. The number of amides is 1. The zero-order valence-corrected chi connectivity index (χ0v) is 19.6. The summed E-state index contributed by atoms with van der Waals surface area (Å²) in [6.07, 6.45) is 5.96. The Labute approximate surface area is 190 Å². The highest BCUT2D eigenvalue weighted by Crippen LogP contribution is 2.40. The Kier molecular flexibility index (Phi) is 6.53. The monoisotopic (exact) mass is 438 g/mol. The van der Waals surface area contributed by atoms with Gasteiger partial charge in [-0.05, 0) is 49.7 Å². The summed E-state index contributed by atoms with van der Waals surface area (Å²) < 4.78 is 11.4. The third-order valence-corrected chi connectivity index (χ3v) is 6.37. The Bertz CT molecular complexity index is 956. The SMILES string of the molecule is CC[C@@H](Oc1ccccc1OC)C(=O)N[C@@H]1CC(C)(C)Cc2nc(N3CCCC3)ncc21. The topological polar surface area (TPSA) is 76.6 Å². The van der Waals surface area contributed by atoms with Gasteiger partial charge in [-0.15, -0.1) is 0 Å². The number of benzene rings is 1. The Morgan fingerprint density at radius 3 is 2.66 bits per heavy atom. The van der Waals surface area contributed by atoms with E-state index in [4.69, 9.17) is 14.5 Å². The number of fused-ring (bicyclic) bond motifs is 1. The average Bonchev–Trinajstić information content (AvgIpc) is 3.31. The Balaban J connectivity index is 1.53. The molecular formula is C25H34N4O3. The molecular weight excluding hydrogens is 404 g/mol. The fourth-order valence-corrected chi connectivity index (χ4v) is 4.69.